The van der Waals surface area contributed by atoms with Crippen LogP contribution in [0.15, 0.2) is 23.5 Å². The zero-order valence-corrected chi connectivity index (χ0v) is 5.03. The maximum Gasteiger partial charge on any atom is 0.221 e. The smallest absolute Gasteiger partial charge is 0.221 e. The first kappa shape index (κ1) is 6.67. The van der Waals surface area contributed by atoms with Crippen LogP contribution in [0.25, 0.3) is 0 Å². The number of hydrogen-bond donors (Lipinski definition) is 1. The molecule has 1 N–H and O–H groups in total. The van der Waals surface area contributed by atoms with Crippen LogP contribution in [-0.2, 0) is 0 Å². The average Bonchev–Trinajstić information content (AvgIpc) is 1.94. The lowest BCUT2D eigenvalue weighted by molar-refractivity contribution is 0.321. The highest BCUT2D eigenvalue weighted by molar-refractivity contribution is 5.78. The third-order valence-corrected chi connectivity index (χ3v) is 0.985. The topological polar surface area (TPSA) is 45.5 Å². The molecule has 1 aromatic rings. The second kappa shape index (κ2) is 2.91. The normalized spacial score (nSPS) is 10.5. The van der Waals surface area contributed by atoms with Crippen molar-refractivity contribution < 1.29 is 9.60 Å². The van der Waals surface area contributed by atoms with Crippen molar-refractivity contribution >= 4 is 6.21 Å². The molecule has 0 fully saturated rings. The van der Waals surface area contributed by atoms with Gasteiger partial charge < -0.3 is 5.21 Å². The van der Waals surface area contributed by atoms with Crippen molar-refractivity contribution in [1.29, 1.82) is 0 Å². The highest BCUT2D eigenvalue weighted by Gasteiger charge is 1.96. The van der Waals surface area contributed by atoms with Gasteiger partial charge in [-0.05, 0) is 12.1 Å². The van der Waals surface area contributed by atoms with E-state index < -0.39 is 5.95 Å². The molecule has 3 nitrogen and oxygen atoms in total. The first-order valence-corrected chi connectivity index (χ1v) is 2.62. The quantitative estimate of drug-likeness (QED) is 0.274. The maximum atomic E-state index is 12.5. The molecular formula is C6H5FN2O. The Kier molecular flexibility index (Phi) is 1.94. The molecule has 0 aromatic carbocycles. The van der Waals surface area contributed by atoms with Gasteiger partial charge in [-0.1, -0.05) is 5.16 Å². The molecule has 0 saturated heterocycles. The number of halogens is 1. The standard InChI is InChI=1S/C6H5FN2O/c7-6-5(4-9-10)2-1-3-8-6/h1-4,10H/b9-4+. The molecule has 1 heterocycles. The predicted molar refractivity (Wildman–Crippen MR) is 33.6 cm³/mol. The fraction of sp³-hybridized carbons (Fsp3) is 0. The number of hydrogen-bond acceptors (Lipinski definition) is 3. The zero-order valence-electron chi connectivity index (χ0n) is 5.03. The van der Waals surface area contributed by atoms with Gasteiger partial charge in [-0.2, -0.15) is 4.39 Å². The van der Waals surface area contributed by atoms with Crippen molar-refractivity contribution in [2.24, 2.45) is 5.16 Å². The Morgan fingerprint density at radius 1 is 1.70 bits per heavy atom. The molecule has 1 aromatic heterocycles. The van der Waals surface area contributed by atoms with E-state index in [2.05, 4.69) is 10.1 Å². The second-order valence-electron chi connectivity index (χ2n) is 1.63. The van der Waals surface area contributed by atoms with Gasteiger partial charge in [0.15, 0.2) is 0 Å². The number of pyridine rings is 1. The van der Waals surface area contributed by atoms with Crippen LogP contribution in [0.5, 0.6) is 0 Å². The Balaban J connectivity index is 3.03. The van der Waals surface area contributed by atoms with Crippen LogP contribution >= 0.6 is 0 Å². The van der Waals surface area contributed by atoms with E-state index in [0.717, 1.165) is 6.21 Å². The third-order valence-electron chi connectivity index (χ3n) is 0.985. The van der Waals surface area contributed by atoms with E-state index in [-0.39, 0.29) is 5.56 Å². The molecule has 0 unspecified atom stereocenters. The Hall–Kier alpha value is -1.45. The fourth-order valence-electron chi connectivity index (χ4n) is 0.557. The van der Waals surface area contributed by atoms with Gasteiger partial charge >= 0.3 is 0 Å². The van der Waals surface area contributed by atoms with Crippen molar-refractivity contribution in [1.82, 2.24) is 4.98 Å². The van der Waals surface area contributed by atoms with Gasteiger partial charge in [0, 0.05) is 6.20 Å². The first-order chi connectivity index (χ1) is 4.84. The van der Waals surface area contributed by atoms with E-state index in [4.69, 9.17) is 5.21 Å². The molecule has 0 bridgehead atoms. The molecule has 10 heavy (non-hydrogen) atoms. The molecule has 4 heteroatoms. The highest BCUT2D eigenvalue weighted by atomic mass is 19.1. The maximum absolute atomic E-state index is 12.5. The summed E-state index contributed by atoms with van der Waals surface area (Å²) >= 11 is 0. The molecule has 0 aliphatic heterocycles. The van der Waals surface area contributed by atoms with Gasteiger partial charge in [0.1, 0.15) is 0 Å². The van der Waals surface area contributed by atoms with Crippen LogP contribution in [-0.4, -0.2) is 16.4 Å². The summed E-state index contributed by atoms with van der Waals surface area (Å²) < 4.78 is 12.5. The number of oxime groups is 1. The van der Waals surface area contributed by atoms with Crippen LogP contribution in [0.4, 0.5) is 4.39 Å². The minimum absolute atomic E-state index is 0.171. The molecular weight excluding hydrogens is 135 g/mol. The van der Waals surface area contributed by atoms with Gasteiger partial charge in [-0.15, -0.1) is 0 Å². The summed E-state index contributed by atoms with van der Waals surface area (Å²) in [7, 11) is 0. The van der Waals surface area contributed by atoms with Gasteiger partial charge in [0.2, 0.25) is 5.95 Å². The summed E-state index contributed by atoms with van der Waals surface area (Å²) in [5.74, 6) is -0.639. The van der Waals surface area contributed by atoms with E-state index in [1.54, 1.807) is 6.07 Å². The van der Waals surface area contributed by atoms with Crippen molar-refractivity contribution in [3.8, 4) is 0 Å². The van der Waals surface area contributed by atoms with Crippen molar-refractivity contribution in [3.63, 3.8) is 0 Å². The molecule has 0 amide bonds. The lowest BCUT2D eigenvalue weighted by Crippen LogP contribution is -1.89. The molecule has 1 rings (SSSR count). The lowest BCUT2D eigenvalue weighted by Gasteiger charge is -1.89. The van der Waals surface area contributed by atoms with Crippen LogP contribution in [0.3, 0.4) is 0 Å². The van der Waals surface area contributed by atoms with Crippen LogP contribution in [0.1, 0.15) is 5.56 Å². The van der Waals surface area contributed by atoms with Gasteiger partial charge in [-0.3, -0.25) is 0 Å². The molecule has 0 atom stereocenters. The minimum Gasteiger partial charge on any atom is -0.411 e. The zero-order chi connectivity index (χ0) is 7.40. The third kappa shape index (κ3) is 1.28. The Morgan fingerprint density at radius 2 is 2.50 bits per heavy atom. The number of aromatic nitrogens is 1. The molecule has 0 aliphatic rings. The van der Waals surface area contributed by atoms with E-state index in [9.17, 15) is 4.39 Å². The summed E-state index contributed by atoms with van der Waals surface area (Å²) in [6.07, 6.45) is 2.31. The largest absolute Gasteiger partial charge is 0.411 e. The monoisotopic (exact) mass is 140 g/mol. The van der Waals surface area contributed by atoms with E-state index in [1.165, 1.54) is 12.3 Å². The number of rotatable bonds is 1. The summed E-state index contributed by atoms with van der Waals surface area (Å²) in [6, 6.07) is 3.02. The lowest BCUT2D eigenvalue weighted by atomic mass is 10.3. The van der Waals surface area contributed by atoms with Crippen LogP contribution in [0, 0.1) is 5.95 Å². The molecule has 0 aliphatic carbocycles. The molecule has 0 radical (unpaired) electrons. The van der Waals surface area contributed by atoms with E-state index in [1.807, 2.05) is 0 Å². The summed E-state index contributed by atoms with van der Waals surface area (Å²) in [4.78, 5) is 3.33. The van der Waals surface area contributed by atoms with Gasteiger partial charge in [0.05, 0.1) is 11.8 Å². The fourth-order valence-corrected chi connectivity index (χ4v) is 0.557. The highest BCUT2D eigenvalue weighted by Crippen LogP contribution is 1.98. The van der Waals surface area contributed by atoms with Gasteiger partial charge in [0.25, 0.3) is 0 Å². The van der Waals surface area contributed by atoms with Crippen LogP contribution in [0.2, 0.25) is 0 Å². The number of nitrogens with zero attached hydrogens (tertiary/aromatic N) is 2. The predicted octanol–water partition coefficient (Wildman–Crippen LogP) is 1.03. The average molecular weight is 140 g/mol. The molecule has 52 valence electrons. The SMILES string of the molecule is O/N=C/c1cccnc1F. The Bertz CT molecular complexity index is 249. The van der Waals surface area contributed by atoms with Crippen molar-refractivity contribution in [2.45, 2.75) is 0 Å². The van der Waals surface area contributed by atoms with Crippen LogP contribution < -0.4 is 0 Å². The Morgan fingerprint density at radius 3 is 3.10 bits per heavy atom. The summed E-state index contributed by atoms with van der Waals surface area (Å²) in [5.41, 5.74) is 0.171. The summed E-state index contributed by atoms with van der Waals surface area (Å²) in [5, 5.41) is 10.7. The Labute approximate surface area is 56.8 Å². The van der Waals surface area contributed by atoms with E-state index in [0.29, 0.717) is 0 Å². The first-order valence-electron chi connectivity index (χ1n) is 2.62. The van der Waals surface area contributed by atoms with Crippen molar-refractivity contribution in [2.75, 3.05) is 0 Å². The summed E-state index contributed by atoms with van der Waals surface area (Å²) in [6.45, 7) is 0. The molecule has 0 spiro atoms. The second-order valence-corrected chi connectivity index (χ2v) is 1.63. The van der Waals surface area contributed by atoms with Gasteiger partial charge in [-0.25, -0.2) is 4.98 Å². The van der Waals surface area contributed by atoms with E-state index >= 15 is 0 Å². The molecule has 0 saturated carbocycles. The van der Waals surface area contributed by atoms with Crippen molar-refractivity contribution in [3.05, 3.63) is 29.8 Å². The minimum atomic E-state index is -0.639.